The highest BCUT2D eigenvalue weighted by molar-refractivity contribution is 5.96. The van der Waals surface area contributed by atoms with Gasteiger partial charge in [0.1, 0.15) is 0 Å². The lowest BCUT2D eigenvalue weighted by Crippen LogP contribution is -2.54. The minimum atomic E-state index is -0.126. The molecule has 0 saturated carbocycles. The fourth-order valence-corrected chi connectivity index (χ4v) is 3.36. The van der Waals surface area contributed by atoms with Gasteiger partial charge in [-0.3, -0.25) is 14.2 Å². The Morgan fingerprint density at radius 2 is 1.96 bits per heavy atom. The van der Waals surface area contributed by atoms with E-state index in [4.69, 9.17) is 4.74 Å². The van der Waals surface area contributed by atoms with Crippen molar-refractivity contribution in [2.24, 2.45) is 5.92 Å². The Hall–Kier alpha value is -2.18. The van der Waals surface area contributed by atoms with Crippen LogP contribution in [-0.2, 0) is 16.0 Å². The monoisotopic (exact) mass is 357 g/mol. The molecule has 1 fully saturated rings. The van der Waals surface area contributed by atoms with Crippen LogP contribution in [0.2, 0.25) is 0 Å². The molecule has 3 rings (SSSR count). The Labute approximate surface area is 154 Å². The second-order valence-corrected chi connectivity index (χ2v) is 7.17. The van der Waals surface area contributed by atoms with Crippen LogP contribution >= 0.6 is 0 Å². The van der Waals surface area contributed by atoms with E-state index in [0.717, 1.165) is 23.9 Å². The first kappa shape index (κ1) is 18.6. The maximum Gasteiger partial charge on any atom is 0.237 e. The van der Waals surface area contributed by atoms with Crippen LogP contribution in [0.15, 0.2) is 30.5 Å². The van der Waals surface area contributed by atoms with Crippen molar-refractivity contribution < 1.29 is 14.3 Å². The van der Waals surface area contributed by atoms with Gasteiger partial charge in [0.2, 0.25) is 11.8 Å². The van der Waals surface area contributed by atoms with Crippen molar-refractivity contribution >= 4 is 22.7 Å². The number of nitrogens with zero attached hydrogens (tertiary/aromatic N) is 3. The minimum absolute atomic E-state index is 0.0555. The van der Waals surface area contributed by atoms with Crippen molar-refractivity contribution in [2.75, 3.05) is 47.4 Å². The summed E-state index contributed by atoms with van der Waals surface area (Å²) < 4.78 is 6.72. The molecule has 1 saturated heterocycles. The van der Waals surface area contributed by atoms with E-state index < -0.39 is 0 Å². The van der Waals surface area contributed by atoms with Crippen molar-refractivity contribution in [2.45, 2.75) is 12.8 Å². The fourth-order valence-electron chi connectivity index (χ4n) is 3.36. The second kappa shape index (κ2) is 8.01. The van der Waals surface area contributed by atoms with Crippen LogP contribution in [0, 0.1) is 5.92 Å². The van der Waals surface area contributed by atoms with Crippen LogP contribution < -0.4 is 0 Å². The third kappa shape index (κ3) is 3.81. The maximum absolute atomic E-state index is 13.0. The highest BCUT2D eigenvalue weighted by Crippen LogP contribution is 2.26. The van der Waals surface area contributed by atoms with Gasteiger partial charge in [-0.05, 0) is 32.1 Å². The molecule has 1 aliphatic rings. The second-order valence-electron chi connectivity index (χ2n) is 7.17. The standard InChI is InChI=1S/C20H27N3O3/c1-21(2)10-8-15-14-23(18-7-5-4-6-17(15)18)20(25)16-12-22(13-16)19(24)9-11-26-3/h4-7,14,16H,8-13H2,1-3H3. The molecule has 0 radical (unpaired) electrons. The zero-order valence-corrected chi connectivity index (χ0v) is 15.8. The number of rotatable bonds is 7. The summed E-state index contributed by atoms with van der Waals surface area (Å²) in [4.78, 5) is 28.8. The van der Waals surface area contributed by atoms with E-state index in [1.165, 1.54) is 5.56 Å². The predicted molar refractivity (Wildman–Crippen MR) is 101 cm³/mol. The van der Waals surface area contributed by atoms with E-state index in [1.54, 1.807) is 16.6 Å². The van der Waals surface area contributed by atoms with Crippen LogP contribution in [0.3, 0.4) is 0 Å². The molecule has 0 bridgehead atoms. The number of amides is 1. The quantitative estimate of drug-likeness (QED) is 0.759. The van der Waals surface area contributed by atoms with Gasteiger partial charge < -0.3 is 14.5 Å². The molecule has 0 aliphatic carbocycles. The first-order valence-electron chi connectivity index (χ1n) is 9.06. The van der Waals surface area contributed by atoms with Crippen LogP contribution in [0.25, 0.3) is 10.9 Å². The number of hydrogen-bond donors (Lipinski definition) is 0. The number of benzene rings is 1. The smallest absolute Gasteiger partial charge is 0.237 e. The molecule has 0 unspecified atom stereocenters. The molecule has 26 heavy (non-hydrogen) atoms. The van der Waals surface area contributed by atoms with Gasteiger partial charge in [0.05, 0.1) is 24.5 Å². The van der Waals surface area contributed by atoms with Gasteiger partial charge in [-0.1, -0.05) is 18.2 Å². The molecule has 0 spiro atoms. The number of hydrogen-bond acceptors (Lipinski definition) is 4. The van der Waals surface area contributed by atoms with Gasteiger partial charge in [-0.25, -0.2) is 0 Å². The molecule has 0 N–H and O–H groups in total. The summed E-state index contributed by atoms with van der Waals surface area (Å²) in [5.41, 5.74) is 2.14. The molecule has 2 aromatic rings. The third-order valence-corrected chi connectivity index (χ3v) is 4.96. The minimum Gasteiger partial charge on any atom is -0.384 e. The van der Waals surface area contributed by atoms with Gasteiger partial charge in [-0.2, -0.15) is 0 Å². The Morgan fingerprint density at radius 1 is 1.23 bits per heavy atom. The Morgan fingerprint density at radius 3 is 2.65 bits per heavy atom. The molecule has 1 amide bonds. The third-order valence-electron chi connectivity index (χ3n) is 4.96. The molecule has 1 aliphatic heterocycles. The SMILES string of the molecule is COCCC(=O)N1CC(C(=O)n2cc(CCN(C)C)c3ccccc32)C1. The zero-order valence-electron chi connectivity index (χ0n) is 15.8. The number of para-hydroxylation sites is 1. The Kier molecular flexibility index (Phi) is 5.74. The van der Waals surface area contributed by atoms with Gasteiger partial charge in [-0.15, -0.1) is 0 Å². The first-order valence-corrected chi connectivity index (χ1v) is 9.06. The summed E-state index contributed by atoms with van der Waals surface area (Å²) >= 11 is 0. The van der Waals surface area contributed by atoms with Gasteiger partial charge in [0, 0.05) is 38.3 Å². The zero-order chi connectivity index (χ0) is 18.7. The molecule has 6 nitrogen and oxygen atoms in total. The van der Waals surface area contributed by atoms with Crippen molar-refractivity contribution in [3.63, 3.8) is 0 Å². The van der Waals surface area contributed by atoms with Crippen LogP contribution in [0.1, 0.15) is 16.8 Å². The normalized spacial score (nSPS) is 14.8. The number of likely N-dealkylation sites (tertiary alicyclic amines) is 1. The predicted octanol–water partition coefficient (Wildman–Crippen LogP) is 1.88. The summed E-state index contributed by atoms with van der Waals surface area (Å²) in [6.07, 6.45) is 3.25. The van der Waals surface area contributed by atoms with Crippen LogP contribution in [0.5, 0.6) is 0 Å². The topological polar surface area (TPSA) is 54.8 Å². The maximum atomic E-state index is 13.0. The summed E-state index contributed by atoms with van der Waals surface area (Å²) in [5, 5.41) is 1.13. The number of carbonyl (C=O) groups is 2. The molecule has 6 heteroatoms. The lowest BCUT2D eigenvalue weighted by atomic mass is 9.98. The fraction of sp³-hybridized carbons (Fsp3) is 0.500. The number of fused-ring (bicyclic) bond motifs is 1. The van der Waals surface area contributed by atoms with Crippen LogP contribution in [0.4, 0.5) is 0 Å². The molecular weight excluding hydrogens is 330 g/mol. The summed E-state index contributed by atoms with van der Waals surface area (Å²) in [6, 6.07) is 8.04. The summed E-state index contributed by atoms with van der Waals surface area (Å²) in [7, 11) is 5.68. The number of ether oxygens (including phenoxy) is 1. The van der Waals surface area contributed by atoms with E-state index in [-0.39, 0.29) is 17.7 Å². The molecule has 2 heterocycles. The molecule has 1 aromatic heterocycles. The lowest BCUT2D eigenvalue weighted by molar-refractivity contribution is -0.137. The lowest BCUT2D eigenvalue weighted by Gasteiger charge is -2.38. The molecule has 0 atom stereocenters. The van der Waals surface area contributed by atoms with Gasteiger partial charge in [0.15, 0.2) is 0 Å². The van der Waals surface area contributed by atoms with E-state index in [1.807, 2.05) is 38.5 Å². The van der Waals surface area contributed by atoms with Crippen molar-refractivity contribution in [1.29, 1.82) is 0 Å². The summed E-state index contributed by atoms with van der Waals surface area (Å²) in [5.74, 6) is 0.00651. The van der Waals surface area contributed by atoms with Gasteiger partial charge >= 0.3 is 0 Å². The number of carbonyl (C=O) groups excluding carboxylic acids is 2. The number of methoxy groups -OCH3 is 1. The van der Waals surface area contributed by atoms with Crippen molar-refractivity contribution in [1.82, 2.24) is 14.4 Å². The van der Waals surface area contributed by atoms with E-state index >= 15 is 0 Å². The van der Waals surface area contributed by atoms with E-state index in [2.05, 4.69) is 11.0 Å². The van der Waals surface area contributed by atoms with E-state index in [9.17, 15) is 9.59 Å². The average molecular weight is 357 g/mol. The van der Waals surface area contributed by atoms with Crippen LogP contribution in [-0.4, -0.2) is 73.6 Å². The molecule has 140 valence electrons. The molecule has 1 aromatic carbocycles. The van der Waals surface area contributed by atoms with Gasteiger partial charge in [0.25, 0.3) is 0 Å². The highest BCUT2D eigenvalue weighted by Gasteiger charge is 2.36. The Bertz CT molecular complexity index is 791. The molecular formula is C20H27N3O3. The Balaban J connectivity index is 1.72. The average Bonchev–Trinajstić information content (AvgIpc) is 2.95. The van der Waals surface area contributed by atoms with E-state index in [0.29, 0.717) is 26.1 Å². The number of likely N-dealkylation sites (N-methyl/N-ethyl adjacent to an activating group) is 1. The number of aromatic nitrogens is 1. The van der Waals surface area contributed by atoms with Crippen molar-refractivity contribution in [3.05, 3.63) is 36.0 Å². The van der Waals surface area contributed by atoms with Crippen molar-refractivity contribution in [3.8, 4) is 0 Å². The largest absolute Gasteiger partial charge is 0.384 e. The first-order chi connectivity index (χ1) is 12.5. The summed E-state index contributed by atoms with van der Waals surface area (Å²) in [6.45, 7) is 2.36. The highest BCUT2D eigenvalue weighted by atomic mass is 16.5.